The Morgan fingerprint density at radius 1 is 1.40 bits per heavy atom. The number of fused-ring (bicyclic) bond motifs is 1. The van der Waals surface area contributed by atoms with E-state index in [9.17, 15) is 4.21 Å². The van der Waals surface area contributed by atoms with E-state index >= 15 is 0 Å². The van der Waals surface area contributed by atoms with Gasteiger partial charge in [0.25, 0.3) is 0 Å². The molecule has 1 atom stereocenters. The van der Waals surface area contributed by atoms with Gasteiger partial charge in [0.05, 0.1) is 15.7 Å². The van der Waals surface area contributed by atoms with Crippen LogP contribution in [0.15, 0.2) is 29.2 Å². The van der Waals surface area contributed by atoms with Crippen molar-refractivity contribution < 1.29 is 8.95 Å². The third-order valence-corrected chi connectivity index (χ3v) is 2.58. The van der Waals surface area contributed by atoms with Crippen LogP contribution in [-0.4, -0.2) is 10.1 Å². The highest BCUT2D eigenvalue weighted by molar-refractivity contribution is 7.85. The minimum absolute atomic E-state index is 0.319. The molecule has 10 heavy (non-hydrogen) atoms. The Hall–Kier alpha value is -0.830. The molecule has 2 rings (SSSR count). The second kappa shape index (κ2) is 2.09. The van der Waals surface area contributed by atoms with Gasteiger partial charge < -0.3 is 4.74 Å². The van der Waals surface area contributed by atoms with E-state index in [1.54, 1.807) is 0 Å². The molecule has 1 aliphatic rings. The van der Waals surface area contributed by atoms with Crippen molar-refractivity contribution in [2.75, 3.05) is 5.94 Å². The van der Waals surface area contributed by atoms with Gasteiger partial charge in [-0.25, -0.2) is 0 Å². The highest BCUT2D eigenvalue weighted by Crippen LogP contribution is 2.27. The molecule has 1 aliphatic heterocycles. The van der Waals surface area contributed by atoms with Crippen LogP contribution < -0.4 is 4.74 Å². The van der Waals surface area contributed by atoms with Crippen LogP contribution in [0.1, 0.15) is 0 Å². The van der Waals surface area contributed by atoms with Gasteiger partial charge in [0.2, 0.25) is 0 Å². The molecule has 0 saturated carbocycles. The second-order valence-electron chi connectivity index (χ2n) is 2.05. The summed E-state index contributed by atoms with van der Waals surface area (Å²) in [6.07, 6.45) is 0. The second-order valence-corrected chi connectivity index (χ2v) is 3.42. The third kappa shape index (κ3) is 0.743. The maximum absolute atomic E-state index is 11.1. The van der Waals surface area contributed by atoms with Gasteiger partial charge in [-0.05, 0) is 12.1 Å². The van der Waals surface area contributed by atoms with Crippen molar-refractivity contribution in [2.45, 2.75) is 4.90 Å². The van der Waals surface area contributed by atoms with Crippen molar-refractivity contribution in [1.82, 2.24) is 0 Å². The van der Waals surface area contributed by atoms with Crippen molar-refractivity contribution in [3.63, 3.8) is 0 Å². The van der Waals surface area contributed by atoms with Gasteiger partial charge in [-0.3, -0.25) is 4.21 Å². The monoisotopic (exact) mass is 154 g/mol. The van der Waals surface area contributed by atoms with E-state index in [1.165, 1.54) is 0 Å². The average molecular weight is 154 g/mol. The van der Waals surface area contributed by atoms with E-state index in [0.29, 0.717) is 5.94 Å². The lowest BCUT2D eigenvalue weighted by molar-refractivity contribution is 0.394. The van der Waals surface area contributed by atoms with Crippen molar-refractivity contribution >= 4 is 10.8 Å². The zero-order valence-electron chi connectivity index (χ0n) is 5.24. The summed E-state index contributed by atoms with van der Waals surface area (Å²) in [4.78, 5) is 0.822. The zero-order valence-corrected chi connectivity index (χ0v) is 6.06. The largest absolute Gasteiger partial charge is 0.479 e. The summed E-state index contributed by atoms with van der Waals surface area (Å²) in [7, 11) is -0.920. The standard InChI is InChI=1S/C7H6O2S/c8-10-5-9-6-3-1-2-4-7(6)10/h1-4H,5H2/t10-/m1/s1. The van der Waals surface area contributed by atoms with Crippen LogP contribution in [0.5, 0.6) is 5.75 Å². The van der Waals surface area contributed by atoms with Gasteiger partial charge >= 0.3 is 0 Å². The number of hydrogen-bond donors (Lipinski definition) is 0. The summed E-state index contributed by atoms with van der Waals surface area (Å²) in [5, 5.41) is 0. The molecular formula is C7H6O2S. The smallest absolute Gasteiger partial charge is 0.167 e. The Labute approximate surface area is 61.3 Å². The van der Waals surface area contributed by atoms with Gasteiger partial charge in [-0.2, -0.15) is 0 Å². The van der Waals surface area contributed by atoms with Crippen LogP contribution in [0, 0.1) is 0 Å². The number of hydrogen-bond acceptors (Lipinski definition) is 2. The highest BCUT2D eigenvalue weighted by atomic mass is 32.2. The average Bonchev–Trinajstić information content (AvgIpc) is 2.34. The van der Waals surface area contributed by atoms with E-state index in [0.717, 1.165) is 10.6 Å². The van der Waals surface area contributed by atoms with Crippen molar-refractivity contribution in [1.29, 1.82) is 0 Å². The molecule has 2 nitrogen and oxygen atoms in total. The summed E-state index contributed by atoms with van der Waals surface area (Å²) < 4.78 is 16.2. The van der Waals surface area contributed by atoms with E-state index in [2.05, 4.69) is 0 Å². The molecule has 52 valence electrons. The first-order valence-corrected chi connectivity index (χ1v) is 4.30. The molecular weight excluding hydrogens is 148 g/mol. The number of rotatable bonds is 0. The quantitative estimate of drug-likeness (QED) is 0.560. The molecule has 0 aliphatic carbocycles. The van der Waals surface area contributed by atoms with E-state index in [1.807, 2.05) is 24.3 Å². The van der Waals surface area contributed by atoms with Crippen molar-refractivity contribution in [3.8, 4) is 5.75 Å². The molecule has 0 bridgehead atoms. The molecule has 0 amide bonds. The fourth-order valence-corrected chi connectivity index (χ4v) is 1.88. The SMILES string of the molecule is O=[S@@]1COc2ccccc21. The Morgan fingerprint density at radius 3 is 3.00 bits per heavy atom. The molecule has 3 heteroatoms. The van der Waals surface area contributed by atoms with Crippen LogP contribution in [-0.2, 0) is 10.8 Å². The fraction of sp³-hybridized carbons (Fsp3) is 0.143. The van der Waals surface area contributed by atoms with Crippen molar-refractivity contribution in [3.05, 3.63) is 24.3 Å². The maximum Gasteiger partial charge on any atom is 0.167 e. The summed E-state index contributed by atoms with van der Waals surface area (Å²) in [5.41, 5.74) is 0. The molecule has 0 fully saturated rings. The normalized spacial score (nSPS) is 21.8. The number of benzene rings is 1. The van der Waals surface area contributed by atoms with Gasteiger partial charge in [0.1, 0.15) is 5.75 Å². The Balaban J connectivity index is 2.61. The molecule has 0 radical (unpaired) electrons. The minimum atomic E-state index is -0.920. The lowest BCUT2D eigenvalue weighted by Gasteiger charge is -1.91. The molecule has 0 N–H and O–H groups in total. The molecule has 1 aromatic carbocycles. The Bertz CT molecular complexity index is 283. The molecule has 0 spiro atoms. The van der Waals surface area contributed by atoms with Crippen LogP contribution in [0.2, 0.25) is 0 Å². The Morgan fingerprint density at radius 2 is 2.20 bits per heavy atom. The predicted molar refractivity (Wildman–Crippen MR) is 38.3 cm³/mol. The van der Waals surface area contributed by atoms with E-state index in [-0.39, 0.29) is 0 Å². The van der Waals surface area contributed by atoms with Gasteiger partial charge in [-0.15, -0.1) is 0 Å². The Kier molecular flexibility index (Phi) is 1.24. The first-order valence-electron chi connectivity index (χ1n) is 2.98. The lowest BCUT2D eigenvalue weighted by atomic mass is 10.3. The summed E-state index contributed by atoms with van der Waals surface area (Å²) in [6, 6.07) is 7.41. The van der Waals surface area contributed by atoms with Crippen molar-refractivity contribution in [2.24, 2.45) is 0 Å². The summed E-state index contributed by atoms with van der Waals surface area (Å²) >= 11 is 0. The van der Waals surface area contributed by atoms with Gasteiger partial charge in [-0.1, -0.05) is 12.1 Å². The number of para-hydroxylation sites is 1. The summed E-state index contributed by atoms with van der Waals surface area (Å²) in [6.45, 7) is 0. The topological polar surface area (TPSA) is 26.3 Å². The number of ether oxygens (including phenoxy) is 1. The molecule has 0 saturated heterocycles. The first-order chi connectivity index (χ1) is 4.88. The molecule has 0 unspecified atom stereocenters. The first kappa shape index (κ1) is 5.92. The predicted octanol–water partition coefficient (Wildman–Crippen LogP) is 1.14. The zero-order chi connectivity index (χ0) is 6.97. The highest BCUT2D eigenvalue weighted by Gasteiger charge is 2.17. The van der Waals surface area contributed by atoms with Gasteiger partial charge in [0.15, 0.2) is 5.94 Å². The maximum atomic E-state index is 11.1. The summed E-state index contributed by atoms with van der Waals surface area (Å²) in [5.74, 6) is 1.08. The van der Waals surface area contributed by atoms with E-state index in [4.69, 9.17) is 4.74 Å². The molecule has 1 heterocycles. The molecule has 1 aromatic rings. The van der Waals surface area contributed by atoms with E-state index < -0.39 is 10.8 Å². The fourth-order valence-electron chi connectivity index (χ4n) is 0.938. The van der Waals surface area contributed by atoms with Crippen LogP contribution in [0.3, 0.4) is 0 Å². The third-order valence-electron chi connectivity index (χ3n) is 1.42. The van der Waals surface area contributed by atoms with Crippen LogP contribution in [0.25, 0.3) is 0 Å². The van der Waals surface area contributed by atoms with Crippen LogP contribution >= 0.6 is 0 Å². The van der Waals surface area contributed by atoms with Gasteiger partial charge in [0, 0.05) is 0 Å². The lowest BCUT2D eigenvalue weighted by Crippen LogP contribution is -1.91. The van der Waals surface area contributed by atoms with Crippen LogP contribution in [0.4, 0.5) is 0 Å². The minimum Gasteiger partial charge on any atom is -0.479 e. The molecule has 0 aromatic heterocycles.